The predicted octanol–water partition coefficient (Wildman–Crippen LogP) is 6.48. The molecule has 0 amide bonds. The lowest BCUT2D eigenvalue weighted by molar-refractivity contribution is 0.0980. The van der Waals surface area contributed by atoms with Crippen LogP contribution in [-0.2, 0) is 6.61 Å². The van der Waals surface area contributed by atoms with Crippen molar-refractivity contribution in [2.45, 2.75) is 32.8 Å². The highest BCUT2D eigenvalue weighted by Gasteiger charge is 2.24. The molecule has 0 aliphatic heterocycles. The summed E-state index contributed by atoms with van der Waals surface area (Å²) in [5, 5.41) is 14.5. The molecule has 2 heterocycles. The van der Waals surface area contributed by atoms with Gasteiger partial charge in [0.05, 0.1) is 34.3 Å². The summed E-state index contributed by atoms with van der Waals surface area (Å²) < 4.78 is 48.6. The van der Waals surface area contributed by atoms with Gasteiger partial charge in [-0.3, -0.25) is 4.79 Å². The van der Waals surface area contributed by atoms with E-state index in [1.807, 2.05) is 0 Å². The van der Waals surface area contributed by atoms with Crippen LogP contribution in [0.4, 0.5) is 13.2 Å². The van der Waals surface area contributed by atoms with E-state index in [1.165, 1.54) is 4.52 Å². The summed E-state index contributed by atoms with van der Waals surface area (Å²) in [5.41, 5.74) is 1.96. The van der Waals surface area contributed by atoms with Gasteiger partial charge in [-0.15, -0.1) is 0 Å². The van der Waals surface area contributed by atoms with Gasteiger partial charge in [-0.05, 0) is 55.3 Å². The van der Waals surface area contributed by atoms with E-state index in [-0.39, 0.29) is 18.1 Å². The van der Waals surface area contributed by atoms with Gasteiger partial charge < -0.3 is 4.74 Å². The second-order valence-corrected chi connectivity index (χ2v) is 8.54. The van der Waals surface area contributed by atoms with Gasteiger partial charge in [0.1, 0.15) is 12.4 Å². The number of carbonyl (C=O) groups excluding carboxylic acids is 1. The average Bonchev–Trinajstić information content (AvgIpc) is 3.16. The van der Waals surface area contributed by atoms with E-state index < -0.39 is 35.5 Å². The number of rotatable bonds is 7. The first-order chi connectivity index (χ1) is 16.7. The molecule has 0 saturated carbocycles. The van der Waals surface area contributed by atoms with E-state index in [2.05, 4.69) is 11.2 Å². The quantitative estimate of drug-likeness (QED) is 0.216. The summed E-state index contributed by atoms with van der Waals surface area (Å²) in [6, 6.07) is 13.7. The molecule has 0 bridgehead atoms. The fraction of sp³-hybridized carbons (Fsp3) is 0.192. The highest BCUT2D eigenvalue weighted by molar-refractivity contribution is 6.30. The van der Waals surface area contributed by atoms with Crippen molar-refractivity contribution in [1.29, 1.82) is 5.26 Å². The summed E-state index contributed by atoms with van der Waals surface area (Å²) in [6.45, 7) is 2.83. The van der Waals surface area contributed by atoms with E-state index in [0.29, 0.717) is 39.0 Å². The topological polar surface area (TPSA) is 67.4 Å². The number of aryl methyl sites for hydroxylation is 2. The number of ketones is 1. The normalized spacial score (nSPS) is 11.9. The monoisotopic (exact) mass is 497 g/mol. The van der Waals surface area contributed by atoms with Crippen LogP contribution in [0.5, 0.6) is 5.88 Å². The van der Waals surface area contributed by atoms with Gasteiger partial charge in [0.2, 0.25) is 5.88 Å². The summed E-state index contributed by atoms with van der Waals surface area (Å²) in [4.78, 5) is 13.3. The van der Waals surface area contributed by atoms with Crippen molar-refractivity contribution in [2.24, 2.45) is 0 Å². The Bertz CT molecular complexity index is 1480. The van der Waals surface area contributed by atoms with Crippen LogP contribution >= 0.6 is 11.6 Å². The summed E-state index contributed by atoms with van der Waals surface area (Å²) in [5.74, 6) is -4.31. The maximum absolute atomic E-state index is 14.1. The number of Topliss-reactive ketones (excluding diaryl/α,β-unsaturated/α-hetero) is 1. The minimum Gasteiger partial charge on any atom is -0.473 e. The van der Waals surface area contributed by atoms with E-state index in [1.54, 1.807) is 50.2 Å². The Morgan fingerprint density at radius 3 is 2.49 bits per heavy atom. The first-order valence-corrected chi connectivity index (χ1v) is 11.0. The third kappa shape index (κ3) is 4.86. The molecule has 0 radical (unpaired) electrons. The maximum Gasteiger partial charge on any atom is 0.215 e. The second-order valence-electron chi connectivity index (χ2n) is 8.10. The molecule has 2 aromatic heterocycles. The van der Waals surface area contributed by atoms with E-state index >= 15 is 0 Å². The molecule has 1 unspecified atom stereocenters. The highest BCUT2D eigenvalue weighted by Crippen LogP contribution is 2.29. The molecule has 0 aliphatic rings. The number of carbonyl (C=O) groups is 1. The van der Waals surface area contributed by atoms with Crippen LogP contribution in [-0.4, -0.2) is 15.4 Å². The molecule has 35 heavy (non-hydrogen) atoms. The average molecular weight is 498 g/mol. The minimum atomic E-state index is -1.33. The van der Waals surface area contributed by atoms with Crippen molar-refractivity contribution in [2.75, 3.05) is 0 Å². The number of nitrogens with zero attached hydrogens (tertiary/aromatic N) is 3. The molecule has 5 nitrogen and oxygen atoms in total. The molecule has 0 saturated heterocycles. The van der Waals surface area contributed by atoms with Crippen molar-refractivity contribution < 1.29 is 22.7 Å². The summed E-state index contributed by atoms with van der Waals surface area (Å²) in [6.07, 6.45) is -0.0792. The Balaban J connectivity index is 1.66. The molecule has 2 aromatic carbocycles. The first-order valence-electron chi connectivity index (χ1n) is 10.6. The van der Waals surface area contributed by atoms with Crippen LogP contribution in [0.1, 0.15) is 45.1 Å². The van der Waals surface area contributed by atoms with E-state index in [4.69, 9.17) is 16.3 Å². The number of hydrogen-bond donors (Lipinski definition) is 0. The molecule has 9 heteroatoms. The minimum absolute atomic E-state index is 0.0792. The zero-order valence-electron chi connectivity index (χ0n) is 18.8. The van der Waals surface area contributed by atoms with Crippen LogP contribution in [0.15, 0.2) is 48.5 Å². The molecule has 0 N–H and O–H groups in total. The highest BCUT2D eigenvalue weighted by atomic mass is 35.5. The van der Waals surface area contributed by atoms with Gasteiger partial charge in [-0.2, -0.15) is 10.4 Å². The van der Waals surface area contributed by atoms with Gasteiger partial charge >= 0.3 is 0 Å². The van der Waals surface area contributed by atoms with Crippen molar-refractivity contribution in [1.82, 2.24) is 9.61 Å². The lowest BCUT2D eigenvalue weighted by Gasteiger charge is -2.12. The predicted molar refractivity (Wildman–Crippen MR) is 124 cm³/mol. The number of aromatic nitrogens is 2. The van der Waals surface area contributed by atoms with Gasteiger partial charge in [0.15, 0.2) is 17.4 Å². The molecule has 0 fully saturated rings. The molecular formula is C26H19ClF3N3O2. The Morgan fingerprint density at radius 1 is 1.11 bits per heavy atom. The molecule has 0 spiro atoms. The number of ether oxygens (including phenoxy) is 1. The molecular weight excluding hydrogens is 479 g/mol. The number of halogens is 4. The van der Waals surface area contributed by atoms with Crippen LogP contribution in [0.25, 0.3) is 5.52 Å². The SMILES string of the molecule is Cc1cc(OCc2c(F)ccc(F)c2F)n2nc(C)c(C(=O)CC(C#N)c3ccc(Cl)cc3)c2c1. The molecule has 4 rings (SSSR count). The number of nitriles is 1. The van der Waals surface area contributed by atoms with Crippen LogP contribution in [0.2, 0.25) is 5.02 Å². The van der Waals surface area contributed by atoms with Crippen molar-refractivity contribution in [3.05, 3.63) is 99.0 Å². The smallest absolute Gasteiger partial charge is 0.215 e. The maximum atomic E-state index is 14.1. The Labute approximate surface area is 204 Å². The first kappa shape index (κ1) is 24.3. The summed E-state index contributed by atoms with van der Waals surface area (Å²) in [7, 11) is 0. The van der Waals surface area contributed by atoms with Crippen LogP contribution in [0, 0.1) is 42.6 Å². The Kier molecular flexibility index (Phi) is 6.81. The number of hydrogen-bond acceptors (Lipinski definition) is 4. The fourth-order valence-electron chi connectivity index (χ4n) is 3.88. The van der Waals surface area contributed by atoms with Gasteiger partial charge in [-0.25, -0.2) is 17.7 Å². The fourth-order valence-corrected chi connectivity index (χ4v) is 4.00. The third-order valence-corrected chi connectivity index (χ3v) is 5.87. The molecule has 1 atom stereocenters. The molecule has 0 aliphatic carbocycles. The Morgan fingerprint density at radius 2 is 1.80 bits per heavy atom. The number of fused-ring (bicyclic) bond motifs is 1. The molecule has 178 valence electrons. The van der Waals surface area contributed by atoms with E-state index in [0.717, 1.165) is 6.07 Å². The van der Waals surface area contributed by atoms with Gasteiger partial charge in [0.25, 0.3) is 0 Å². The zero-order valence-corrected chi connectivity index (χ0v) is 19.5. The van der Waals surface area contributed by atoms with Crippen molar-refractivity contribution in [3.63, 3.8) is 0 Å². The lowest BCUT2D eigenvalue weighted by atomic mass is 9.92. The Hall–Kier alpha value is -3.83. The van der Waals surface area contributed by atoms with Crippen LogP contribution in [0.3, 0.4) is 0 Å². The third-order valence-electron chi connectivity index (χ3n) is 5.62. The van der Waals surface area contributed by atoms with Crippen LogP contribution < -0.4 is 4.74 Å². The standard InChI is InChI=1S/C26H19ClF3N3O2/c1-14-9-22-25(23(34)11-17(12-31)16-3-5-18(27)6-4-16)15(2)32-33(22)24(10-14)35-13-19-20(28)7-8-21(29)26(19)30/h3-10,17H,11,13H2,1-2H3. The lowest BCUT2D eigenvalue weighted by Crippen LogP contribution is -2.08. The van der Waals surface area contributed by atoms with Gasteiger partial charge in [-0.1, -0.05) is 23.7 Å². The largest absolute Gasteiger partial charge is 0.473 e. The second kappa shape index (κ2) is 9.80. The number of pyridine rings is 1. The van der Waals surface area contributed by atoms with Crippen molar-refractivity contribution in [3.8, 4) is 11.9 Å². The molecule has 4 aromatic rings. The zero-order chi connectivity index (χ0) is 25.3. The van der Waals surface area contributed by atoms with E-state index in [9.17, 15) is 23.2 Å². The summed E-state index contributed by atoms with van der Waals surface area (Å²) >= 11 is 5.92. The number of benzene rings is 2. The van der Waals surface area contributed by atoms with Gasteiger partial charge in [0, 0.05) is 17.5 Å². The van der Waals surface area contributed by atoms with Crippen molar-refractivity contribution >= 4 is 22.9 Å².